The first-order chi connectivity index (χ1) is 7.50. The van der Waals surface area contributed by atoms with E-state index in [1.54, 1.807) is 0 Å². The minimum absolute atomic E-state index is 0.265. The van der Waals surface area contributed by atoms with Gasteiger partial charge in [0.05, 0.1) is 0 Å². The van der Waals surface area contributed by atoms with Crippen molar-refractivity contribution < 1.29 is 9.90 Å². The van der Waals surface area contributed by atoms with Crippen molar-refractivity contribution in [3.8, 4) is 0 Å². The number of carbonyl (C=O) groups is 1. The van der Waals surface area contributed by atoms with E-state index in [2.05, 4.69) is 21.2 Å². The molecule has 0 saturated heterocycles. The second kappa shape index (κ2) is 5.98. The molecule has 0 radical (unpaired) electrons. The molecule has 0 amide bonds. The van der Waals surface area contributed by atoms with Gasteiger partial charge in [0.15, 0.2) is 0 Å². The second-order valence-electron chi connectivity index (χ2n) is 3.65. The van der Waals surface area contributed by atoms with Crippen LogP contribution in [-0.4, -0.2) is 23.7 Å². The van der Waals surface area contributed by atoms with Gasteiger partial charge in [0, 0.05) is 17.6 Å². The van der Waals surface area contributed by atoms with Crippen LogP contribution in [0.4, 0.5) is 0 Å². The van der Waals surface area contributed by atoms with E-state index in [1.165, 1.54) is 5.56 Å². The lowest BCUT2D eigenvalue weighted by molar-refractivity contribution is -0.138. The molecule has 1 aromatic rings. The van der Waals surface area contributed by atoms with Gasteiger partial charge in [-0.3, -0.25) is 4.79 Å². The van der Waals surface area contributed by atoms with Crippen LogP contribution in [0.1, 0.15) is 11.1 Å². The fourth-order valence-corrected chi connectivity index (χ4v) is 1.69. The predicted octanol–water partition coefficient (Wildman–Crippen LogP) is 1.26. The number of carboxylic acid groups (broad SMARTS) is 1. The normalized spacial score (nSPS) is 12.4. The summed E-state index contributed by atoms with van der Waals surface area (Å²) in [5.41, 5.74) is 7.68. The van der Waals surface area contributed by atoms with Crippen molar-refractivity contribution in [1.29, 1.82) is 0 Å². The number of benzene rings is 1. The minimum Gasteiger partial charge on any atom is -0.480 e. The predicted molar refractivity (Wildman–Crippen MR) is 66.2 cm³/mol. The van der Waals surface area contributed by atoms with Crippen molar-refractivity contribution in [2.24, 2.45) is 5.73 Å². The Morgan fingerprint density at radius 2 is 2.31 bits per heavy atom. The van der Waals surface area contributed by atoms with Crippen LogP contribution in [0.5, 0.6) is 0 Å². The average molecular weight is 287 g/mol. The molecule has 0 spiro atoms. The van der Waals surface area contributed by atoms with Crippen LogP contribution in [0.3, 0.4) is 0 Å². The molecule has 5 heteroatoms. The zero-order valence-corrected chi connectivity index (χ0v) is 10.6. The maximum Gasteiger partial charge on any atom is 0.321 e. The van der Waals surface area contributed by atoms with E-state index in [4.69, 9.17) is 10.8 Å². The molecule has 0 aliphatic heterocycles. The largest absolute Gasteiger partial charge is 0.480 e. The quantitative estimate of drug-likeness (QED) is 0.762. The molecule has 0 heterocycles. The molecular weight excluding hydrogens is 272 g/mol. The van der Waals surface area contributed by atoms with Crippen LogP contribution >= 0.6 is 15.9 Å². The van der Waals surface area contributed by atoms with E-state index in [0.29, 0.717) is 6.54 Å². The summed E-state index contributed by atoms with van der Waals surface area (Å²) in [7, 11) is 0. The number of nitrogens with one attached hydrogen (secondary N) is 1. The maximum atomic E-state index is 10.5. The Morgan fingerprint density at radius 3 is 2.94 bits per heavy atom. The molecule has 1 unspecified atom stereocenters. The van der Waals surface area contributed by atoms with Gasteiger partial charge in [0.1, 0.15) is 6.04 Å². The third kappa shape index (κ3) is 3.92. The third-order valence-electron chi connectivity index (χ3n) is 2.31. The Bertz CT molecular complexity index is 382. The number of rotatable bonds is 5. The van der Waals surface area contributed by atoms with Gasteiger partial charge in [-0.2, -0.15) is 0 Å². The number of aliphatic carboxylic acids is 1. The lowest BCUT2D eigenvalue weighted by Crippen LogP contribution is -2.40. The van der Waals surface area contributed by atoms with Gasteiger partial charge in [-0.15, -0.1) is 0 Å². The van der Waals surface area contributed by atoms with Crippen molar-refractivity contribution in [2.75, 3.05) is 6.54 Å². The lowest BCUT2D eigenvalue weighted by atomic mass is 10.1. The van der Waals surface area contributed by atoms with E-state index < -0.39 is 12.0 Å². The van der Waals surface area contributed by atoms with E-state index >= 15 is 0 Å². The number of halogens is 1. The Hall–Kier alpha value is -0.910. The summed E-state index contributed by atoms with van der Waals surface area (Å²) in [6.07, 6.45) is 0. The summed E-state index contributed by atoms with van der Waals surface area (Å²) in [4.78, 5) is 10.5. The molecule has 0 aliphatic rings. The van der Waals surface area contributed by atoms with Gasteiger partial charge in [-0.1, -0.05) is 22.0 Å². The first-order valence-electron chi connectivity index (χ1n) is 4.95. The number of aryl methyl sites for hydroxylation is 1. The topological polar surface area (TPSA) is 75.3 Å². The van der Waals surface area contributed by atoms with Crippen LogP contribution in [0, 0.1) is 6.92 Å². The molecule has 1 rings (SSSR count). The molecule has 88 valence electrons. The van der Waals surface area contributed by atoms with Crippen molar-refractivity contribution in [3.63, 3.8) is 0 Å². The van der Waals surface area contributed by atoms with Gasteiger partial charge in [0.2, 0.25) is 0 Å². The van der Waals surface area contributed by atoms with Crippen LogP contribution in [0.25, 0.3) is 0 Å². The number of carboxylic acids is 1. The maximum absolute atomic E-state index is 10.5. The highest BCUT2D eigenvalue weighted by Crippen LogP contribution is 2.15. The summed E-state index contributed by atoms with van der Waals surface area (Å²) in [6.45, 7) is 2.90. The van der Waals surface area contributed by atoms with E-state index in [1.807, 2.05) is 25.1 Å². The fourth-order valence-electron chi connectivity index (χ4n) is 1.28. The first kappa shape index (κ1) is 13.2. The van der Waals surface area contributed by atoms with Crippen molar-refractivity contribution in [3.05, 3.63) is 33.8 Å². The lowest BCUT2D eigenvalue weighted by Gasteiger charge is -2.10. The van der Waals surface area contributed by atoms with Crippen LogP contribution in [-0.2, 0) is 11.3 Å². The molecule has 1 atom stereocenters. The molecule has 16 heavy (non-hydrogen) atoms. The van der Waals surface area contributed by atoms with Gasteiger partial charge < -0.3 is 16.2 Å². The smallest absolute Gasteiger partial charge is 0.321 e. The Balaban J connectivity index is 2.48. The molecule has 0 saturated carbocycles. The van der Waals surface area contributed by atoms with Crippen LogP contribution < -0.4 is 11.1 Å². The van der Waals surface area contributed by atoms with E-state index in [9.17, 15) is 4.79 Å². The van der Waals surface area contributed by atoms with Crippen molar-refractivity contribution in [1.82, 2.24) is 5.32 Å². The van der Waals surface area contributed by atoms with Crippen molar-refractivity contribution in [2.45, 2.75) is 19.5 Å². The number of hydrogen-bond donors (Lipinski definition) is 3. The molecule has 1 aromatic carbocycles. The van der Waals surface area contributed by atoms with E-state index in [0.717, 1.165) is 10.0 Å². The highest BCUT2D eigenvalue weighted by atomic mass is 79.9. The van der Waals surface area contributed by atoms with Gasteiger partial charge >= 0.3 is 5.97 Å². The zero-order valence-electron chi connectivity index (χ0n) is 9.03. The third-order valence-corrected chi connectivity index (χ3v) is 2.80. The molecule has 0 aliphatic carbocycles. The number of nitrogens with two attached hydrogens (primary N) is 1. The Kier molecular flexibility index (Phi) is 4.92. The summed E-state index contributed by atoms with van der Waals surface area (Å²) in [5, 5.41) is 11.6. The summed E-state index contributed by atoms with van der Waals surface area (Å²) < 4.78 is 1.01. The standard InChI is InChI=1S/C11H15BrN2O2/c1-7-2-3-9(12)4-8(7)5-14-6-10(13)11(15)16/h2-4,10,14H,5-6,13H2,1H3,(H,15,16). The second-order valence-corrected chi connectivity index (χ2v) is 4.56. The summed E-state index contributed by atoms with van der Waals surface area (Å²) >= 11 is 3.39. The molecule has 4 N–H and O–H groups in total. The first-order valence-corrected chi connectivity index (χ1v) is 5.74. The Morgan fingerprint density at radius 1 is 1.62 bits per heavy atom. The molecular formula is C11H15BrN2O2. The molecule has 0 aromatic heterocycles. The monoisotopic (exact) mass is 286 g/mol. The zero-order chi connectivity index (χ0) is 12.1. The van der Waals surface area contributed by atoms with Gasteiger partial charge in [-0.05, 0) is 30.2 Å². The summed E-state index contributed by atoms with van der Waals surface area (Å²) in [5.74, 6) is -0.988. The minimum atomic E-state index is -0.988. The van der Waals surface area contributed by atoms with Crippen molar-refractivity contribution >= 4 is 21.9 Å². The summed E-state index contributed by atoms with van der Waals surface area (Å²) in [6, 6.07) is 5.14. The molecule has 0 fully saturated rings. The molecule has 0 bridgehead atoms. The Labute approximate surface area is 103 Å². The SMILES string of the molecule is Cc1ccc(Br)cc1CNCC(N)C(=O)O. The van der Waals surface area contributed by atoms with Gasteiger partial charge in [0.25, 0.3) is 0 Å². The average Bonchev–Trinajstić information content (AvgIpc) is 2.22. The highest BCUT2D eigenvalue weighted by molar-refractivity contribution is 9.10. The van der Waals surface area contributed by atoms with Crippen LogP contribution in [0.15, 0.2) is 22.7 Å². The highest BCUT2D eigenvalue weighted by Gasteiger charge is 2.10. The van der Waals surface area contributed by atoms with Gasteiger partial charge in [-0.25, -0.2) is 0 Å². The fraction of sp³-hybridized carbons (Fsp3) is 0.364. The van der Waals surface area contributed by atoms with Crippen LogP contribution in [0.2, 0.25) is 0 Å². The molecule has 4 nitrogen and oxygen atoms in total. The number of hydrogen-bond acceptors (Lipinski definition) is 3. The van der Waals surface area contributed by atoms with E-state index in [-0.39, 0.29) is 6.54 Å².